The van der Waals surface area contributed by atoms with Gasteiger partial charge in [0, 0.05) is 3.57 Å². The summed E-state index contributed by atoms with van der Waals surface area (Å²) in [5, 5.41) is 3.48. The van der Waals surface area contributed by atoms with Crippen LogP contribution in [0, 0.1) is 3.57 Å². The number of carbonyl (C=O) groups excluding carboxylic acids is 1. The molecule has 86 valence electrons. The number of halogens is 2. The zero-order valence-electron chi connectivity index (χ0n) is 8.54. The van der Waals surface area contributed by atoms with E-state index >= 15 is 0 Å². The van der Waals surface area contributed by atoms with E-state index < -0.39 is 5.97 Å². The Morgan fingerprint density at radius 2 is 2.12 bits per heavy atom. The van der Waals surface area contributed by atoms with E-state index in [1.807, 2.05) is 24.3 Å². The van der Waals surface area contributed by atoms with E-state index in [0.29, 0.717) is 0 Å². The molecule has 0 aliphatic heterocycles. The molecule has 16 heavy (non-hydrogen) atoms. The second-order valence-electron chi connectivity index (χ2n) is 2.74. The summed E-state index contributed by atoms with van der Waals surface area (Å²) < 4.78 is 5.78. The van der Waals surface area contributed by atoms with Crippen molar-refractivity contribution in [2.24, 2.45) is 5.10 Å². The third-order valence-corrected chi connectivity index (χ3v) is 2.53. The molecule has 0 spiro atoms. The van der Waals surface area contributed by atoms with Gasteiger partial charge in [-0.15, -0.1) is 0 Å². The summed E-state index contributed by atoms with van der Waals surface area (Å²) in [6.45, 7) is 1.97. The third kappa shape index (κ3) is 4.36. The van der Waals surface area contributed by atoms with Gasteiger partial charge in [-0.2, -0.15) is 5.10 Å². The molecule has 0 heterocycles. The molecule has 0 unspecified atom stereocenters. The highest BCUT2D eigenvalue weighted by atomic mass is 127. The van der Waals surface area contributed by atoms with Crippen LogP contribution in [0.4, 0.5) is 5.69 Å². The Labute approximate surface area is 112 Å². The van der Waals surface area contributed by atoms with Crippen LogP contribution < -0.4 is 5.43 Å². The lowest BCUT2D eigenvalue weighted by Gasteiger charge is -2.01. The largest absolute Gasteiger partial charge is 0.461 e. The van der Waals surface area contributed by atoms with E-state index in [2.05, 4.69) is 37.9 Å². The van der Waals surface area contributed by atoms with Crippen LogP contribution in [0.5, 0.6) is 0 Å². The van der Waals surface area contributed by atoms with Gasteiger partial charge in [0.15, 0.2) is 0 Å². The molecule has 4 nitrogen and oxygen atoms in total. The minimum Gasteiger partial charge on any atom is -0.461 e. The lowest BCUT2D eigenvalue weighted by atomic mass is 10.3. The van der Waals surface area contributed by atoms with Crippen molar-refractivity contribution in [2.75, 3.05) is 12.0 Å². The maximum absolute atomic E-state index is 11.1. The van der Waals surface area contributed by atoms with Gasteiger partial charge in [0.25, 0.3) is 0 Å². The number of rotatable bonds is 4. The van der Waals surface area contributed by atoms with E-state index in [4.69, 9.17) is 11.6 Å². The maximum Gasteiger partial charge on any atom is 0.370 e. The summed E-state index contributed by atoms with van der Waals surface area (Å²) in [6, 6.07) is 7.49. The van der Waals surface area contributed by atoms with Gasteiger partial charge in [0.05, 0.1) is 12.3 Å². The summed E-state index contributed by atoms with van der Waals surface area (Å²) in [7, 11) is 0. The Balaban J connectivity index is 2.58. The average molecular weight is 353 g/mol. The average Bonchev–Trinajstić information content (AvgIpc) is 2.28. The number of hydrogen-bond acceptors (Lipinski definition) is 4. The normalized spacial score (nSPS) is 11.1. The molecule has 1 N–H and O–H groups in total. The molecule has 0 fully saturated rings. The Hall–Kier alpha value is -0.820. The molecule has 1 rings (SSSR count). The predicted octanol–water partition coefficient (Wildman–Crippen LogP) is 2.82. The first-order chi connectivity index (χ1) is 7.63. The zero-order chi connectivity index (χ0) is 12.0. The predicted molar refractivity (Wildman–Crippen MR) is 72.7 cm³/mol. The van der Waals surface area contributed by atoms with Crippen LogP contribution in [0.15, 0.2) is 29.4 Å². The molecule has 0 bridgehead atoms. The first-order valence-corrected chi connectivity index (χ1v) is 6.01. The molecule has 1 aromatic carbocycles. The van der Waals surface area contributed by atoms with Gasteiger partial charge in [-0.1, -0.05) is 11.6 Å². The van der Waals surface area contributed by atoms with Crippen molar-refractivity contribution in [1.82, 2.24) is 0 Å². The molecule has 0 radical (unpaired) electrons. The van der Waals surface area contributed by atoms with Crippen LogP contribution >= 0.6 is 34.2 Å². The number of nitrogens with one attached hydrogen (secondary N) is 1. The van der Waals surface area contributed by atoms with Crippen LogP contribution in [-0.2, 0) is 9.53 Å². The van der Waals surface area contributed by atoms with Gasteiger partial charge in [-0.3, -0.25) is 5.43 Å². The highest BCUT2D eigenvalue weighted by molar-refractivity contribution is 14.1. The molecule has 1 aromatic rings. The first kappa shape index (κ1) is 13.2. The van der Waals surface area contributed by atoms with E-state index in [9.17, 15) is 4.79 Å². The molecule has 0 aromatic heterocycles. The Morgan fingerprint density at radius 3 is 2.69 bits per heavy atom. The molecule has 0 aliphatic carbocycles. The molecule has 0 amide bonds. The van der Waals surface area contributed by atoms with Crippen molar-refractivity contribution in [1.29, 1.82) is 0 Å². The second kappa shape index (κ2) is 6.70. The Morgan fingerprint density at radius 1 is 1.50 bits per heavy atom. The Bertz CT molecular complexity index is 392. The van der Waals surface area contributed by atoms with Gasteiger partial charge in [0.1, 0.15) is 0 Å². The zero-order valence-corrected chi connectivity index (χ0v) is 11.4. The second-order valence-corrected chi connectivity index (χ2v) is 4.35. The molecule has 0 saturated carbocycles. The van der Waals surface area contributed by atoms with Crippen LogP contribution in [0.2, 0.25) is 0 Å². The third-order valence-electron chi connectivity index (χ3n) is 1.57. The molecule has 6 heteroatoms. The number of carbonyl (C=O) groups is 1. The molecule has 0 atom stereocenters. The standard InChI is InChI=1S/C10H10ClIN2O2/c1-2-16-10(15)9(11)14-13-8-5-3-7(12)4-6-8/h3-6,13H,2H2,1H3. The molecular formula is C10H10ClIN2O2. The lowest BCUT2D eigenvalue weighted by molar-refractivity contribution is -0.134. The van der Waals surface area contributed by atoms with Gasteiger partial charge in [-0.05, 0) is 53.8 Å². The number of hydrazone groups is 1. The van der Waals surface area contributed by atoms with Gasteiger partial charge in [-0.25, -0.2) is 4.79 Å². The number of nitrogens with zero attached hydrogens (tertiary/aromatic N) is 1. The highest BCUT2D eigenvalue weighted by Crippen LogP contribution is 2.11. The van der Waals surface area contributed by atoms with Crippen molar-refractivity contribution in [3.8, 4) is 0 Å². The number of esters is 1. The van der Waals surface area contributed by atoms with Crippen LogP contribution in [0.25, 0.3) is 0 Å². The van der Waals surface area contributed by atoms with Gasteiger partial charge in [0.2, 0.25) is 5.17 Å². The number of ether oxygens (including phenoxy) is 1. The van der Waals surface area contributed by atoms with Gasteiger partial charge >= 0.3 is 5.97 Å². The fourth-order valence-electron chi connectivity index (χ4n) is 0.874. The summed E-state index contributed by atoms with van der Waals surface area (Å²) in [5.74, 6) is -0.637. The monoisotopic (exact) mass is 352 g/mol. The van der Waals surface area contributed by atoms with E-state index in [0.717, 1.165) is 9.26 Å². The van der Waals surface area contributed by atoms with Gasteiger partial charge < -0.3 is 4.74 Å². The van der Waals surface area contributed by atoms with E-state index in [1.54, 1.807) is 6.92 Å². The van der Waals surface area contributed by atoms with Crippen molar-refractivity contribution in [3.63, 3.8) is 0 Å². The van der Waals surface area contributed by atoms with E-state index in [1.165, 1.54) is 0 Å². The highest BCUT2D eigenvalue weighted by Gasteiger charge is 2.08. The van der Waals surface area contributed by atoms with Crippen LogP contribution in [0.3, 0.4) is 0 Å². The molecule has 0 aliphatic rings. The maximum atomic E-state index is 11.1. The summed E-state index contributed by atoms with van der Waals surface area (Å²) in [6.07, 6.45) is 0. The topological polar surface area (TPSA) is 50.7 Å². The van der Waals surface area contributed by atoms with Crippen molar-refractivity contribution < 1.29 is 9.53 Å². The SMILES string of the molecule is CCOC(=O)C(Cl)=NNc1ccc(I)cc1. The number of benzene rings is 1. The summed E-state index contributed by atoms with van der Waals surface area (Å²) in [4.78, 5) is 11.1. The quantitative estimate of drug-likeness (QED) is 0.392. The van der Waals surface area contributed by atoms with Crippen molar-refractivity contribution in [3.05, 3.63) is 27.8 Å². The van der Waals surface area contributed by atoms with Crippen LogP contribution in [0.1, 0.15) is 6.92 Å². The van der Waals surface area contributed by atoms with Crippen molar-refractivity contribution in [2.45, 2.75) is 6.92 Å². The minimum atomic E-state index is -0.637. The van der Waals surface area contributed by atoms with Crippen LogP contribution in [-0.4, -0.2) is 17.7 Å². The Kier molecular flexibility index (Phi) is 5.54. The molecule has 0 saturated heterocycles. The summed E-state index contributed by atoms with van der Waals surface area (Å²) in [5.41, 5.74) is 3.42. The minimum absolute atomic E-state index is 0.222. The number of hydrogen-bond donors (Lipinski definition) is 1. The van der Waals surface area contributed by atoms with E-state index in [-0.39, 0.29) is 11.8 Å². The summed E-state index contributed by atoms with van der Waals surface area (Å²) >= 11 is 7.80. The van der Waals surface area contributed by atoms with Crippen molar-refractivity contribution >= 4 is 51.0 Å². The first-order valence-electron chi connectivity index (χ1n) is 4.55. The smallest absolute Gasteiger partial charge is 0.370 e. The lowest BCUT2D eigenvalue weighted by Crippen LogP contribution is -2.13. The fourth-order valence-corrected chi connectivity index (χ4v) is 1.33. The molecular weight excluding hydrogens is 342 g/mol. The fraction of sp³-hybridized carbons (Fsp3) is 0.200. The number of anilines is 1.